The first-order valence-corrected chi connectivity index (χ1v) is 7.43. The minimum atomic E-state index is -0.923. The number of carbonyl (C=O) groups is 2. The molecule has 0 spiro atoms. The lowest BCUT2D eigenvalue weighted by Gasteiger charge is -2.10. The minimum Gasteiger partial charge on any atom is -0.478 e. The SMILES string of the molecule is O=C(O)c1cccc(CCNC(=O)C2CCCS2)c1. The van der Waals surface area contributed by atoms with Crippen molar-refractivity contribution in [2.75, 3.05) is 12.3 Å². The van der Waals surface area contributed by atoms with Crippen molar-refractivity contribution in [1.29, 1.82) is 0 Å². The van der Waals surface area contributed by atoms with E-state index in [4.69, 9.17) is 5.11 Å². The normalized spacial score (nSPS) is 18.2. The summed E-state index contributed by atoms with van der Waals surface area (Å²) in [7, 11) is 0. The van der Waals surface area contributed by atoms with Gasteiger partial charge in [-0.1, -0.05) is 12.1 Å². The molecule has 1 unspecified atom stereocenters. The maximum Gasteiger partial charge on any atom is 0.335 e. The lowest BCUT2D eigenvalue weighted by molar-refractivity contribution is -0.120. The first kappa shape index (κ1) is 13.9. The van der Waals surface area contributed by atoms with E-state index in [-0.39, 0.29) is 16.7 Å². The number of benzene rings is 1. The zero-order chi connectivity index (χ0) is 13.7. The van der Waals surface area contributed by atoms with E-state index in [0.29, 0.717) is 13.0 Å². The van der Waals surface area contributed by atoms with Crippen LogP contribution >= 0.6 is 11.8 Å². The number of nitrogens with one attached hydrogen (secondary N) is 1. The Morgan fingerprint density at radius 1 is 1.42 bits per heavy atom. The summed E-state index contributed by atoms with van der Waals surface area (Å²) in [4.78, 5) is 22.6. The van der Waals surface area contributed by atoms with Gasteiger partial charge in [0, 0.05) is 6.54 Å². The van der Waals surface area contributed by atoms with Crippen LogP contribution in [0.15, 0.2) is 24.3 Å². The van der Waals surface area contributed by atoms with E-state index < -0.39 is 5.97 Å². The maximum absolute atomic E-state index is 11.8. The van der Waals surface area contributed by atoms with Crippen molar-refractivity contribution in [1.82, 2.24) is 5.32 Å². The molecule has 0 radical (unpaired) electrons. The first-order valence-electron chi connectivity index (χ1n) is 6.38. The Labute approximate surface area is 116 Å². The summed E-state index contributed by atoms with van der Waals surface area (Å²) in [5.74, 6) is 0.254. The Morgan fingerprint density at radius 2 is 2.26 bits per heavy atom. The Bertz CT molecular complexity index is 470. The van der Waals surface area contributed by atoms with E-state index in [9.17, 15) is 9.59 Å². The highest BCUT2D eigenvalue weighted by molar-refractivity contribution is 8.00. The van der Waals surface area contributed by atoms with Gasteiger partial charge in [0.1, 0.15) is 0 Å². The molecule has 1 atom stereocenters. The quantitative estimate of drug-likeness (QED) is 0.864. The standard InChI is InChI=1S/C14H17NO3S/c16-13(12-5-2-8-19-12)15-7-6-10-3-1-4-11(9-10)14(17)18/h1,3-4,9,12H,2,5-8H2,(H,15,16)(H,17,18). The van der Waals surface area contributed by atoms with E-state index in [1.165, 1.54) is 0 Å². The number of carbonyl (C=O) groups excluding carboxylic acids is 1. The molecule has 4 nitrogen and oxygen atoms in total. The zero-order valence-corrected chi connectivity index (χ0v) is 11.4. The summed E-state index contributed by atoms with van der Waals surface area (Å²) >= 11 is 1.71. The summed E-state index contributed by atoms with van der Waals surface area (Å²) in [6.45, 7) is 0.555. The molecular formula is C14H17NO3S. The van der Waals surface area contributed by atoms with E-state index >= 15 is 0 Å². The highest BCUT2D eigenvalue weighted by Crippen LogP contribution is 2.25. The molecule has 0 aromatic heterocycles. The molecule has 0 saturated carbocycles. The average Bonchev–Trinajstić information content (AvgIpc) is 2.93. The molecule has 102 valence electrons. The fourth-order valence-electron chi connectivity index (χ4n) is 2.09. The predicted octanol–water partition coefficient (Wildman–Crippen LogP) is 1.94. The van der Waals surface area contributed by atoms with Crippen LogP contribution in [0, 0.1) is 0 Å². The summed E-state index contributed by atoms with van der Waals surface area (Å²) in [6, 6.07) is 6.83. The number of amides is 1. The number of thioether (sulfide) groups is 1. The molecule has 1 aromatic carbocycles. The highest BCUT2D eigenvalue weighted by Gasteiger charge is 2.22. The molecule has 1 fully saturated rings. The third-order valence-electron chi connectivity index (χ3n) is 3.11. The molecule has 19 heavy (non-hydrogen) atoms. The maximum atomic E-state index is 11.8. The van der Waals surface area contributed by atoms with Crippen LogP contribution in [0.3, 0.4) is 0 Å². The molecule has 1 saturated heterocycles. The van der Waals surface area contributed by atoms with Crippen molar-refractivity contribution in [3.63, 3.8) is 0 Å². The van der Waals surface area contributed by atoms with E-state index in [2.05, 4.69) is 5.32 Å². The average molecular weight is 279 g/mol. The van der Waals surface area contributed by atoms with Crippen LogP contribution < -0.4 is 5.32 Å². The van der Waals surface area contributed by atoms with Crippen LogP contribution in [0.1, 0.15) is 28.8 Å². The number of hydrogen-bond donors (Lipinski definition) is 2. The van der Waals surface area contributed by atoms with Gasteiger partial charge in [0.15, 0.2) is 0 Å². The number of carboxylic acid groups (broad SMARTS) is 1. The molecule has 1 heterocycles. The van der Waals surface area contributed by atoms with E-state index in [0.717, 1.165) is 24.2 Å². The molecule has 2 rings (SSSR count). The van der Waals surface area contributed by atoms with Gasteiger partial charge >= 0.3 is 5.97 Å². The Balaban J connectivity index is 1.80. The Kier molecular flexibility index (Phi) is 4.85. The topological polar surface area (TPSA) is 66.4 Å². The van der Waals surface area contributed by atoms with Crippen molar-refractivity contribution >= 4 is 23.6 Å². The molecule has 2 N–H and O–H groups in total. The van der Waals surface area contributed by atoms with Gasteiger partial charge in [-0.15, -0.1) is 11.8 Å². The van der Waals surface area contributed by atoms with Gasteiger partial charge < -0.3 is 10.4 Å². The van der Waals surface area contributed by atoms with Crippen molar-refractivity contribution < 1.29 is 14.7 Å². The Hall–Kier alpha value is -1.49. The smallest absolute Gasteiger partial charge is 0.335 e. The van der Waals surface area contributed by atoms with Crippen LogP contribution in [0.5, 0.6) is 0 Å². The lowest BCUT2D eigenvalue weighted by Crippen LogP contribution is -2.32. The number of aromatic carboxylic acids is 1. The van der Waals surface area contributed by atoms with Gasteiger partial charge in [0.2, 0.25) is 5.91 Å². The highest BCUT2D eigenvalue weighted by atomic mass is 32.2. The van der Waals surface area contributed by atoms with Crippen molar-refractivity contribution in [2.45, 2.75) is 24.5 Å². The van der Waals surface area contributed by atoms with E-state index in [1.54, 1.807) is 30.0 Å². The molecule has 1 aliphatic rings. The van der Waals surface area contributed by atoms with E-state index in [1.807, 2.05) is 6.07 Å². The van der Waals surface area contributed by atoms with Gasteiger partial charge in [-0.3, -0.25) is 4.79 Å². The second-order valence-electron chi connectivity index (χ2n) is 4.55. The predicted molar refractivity (Wildman–Crippen MR) is 75.6 cm³/mol. The first-order chi connectivity index (χ1) is 9.16. The van der Waals surface area contributed by atoms with Gasteiger partial charge in [0.25, 0.3) is 0 Å². The van der Waals surface area contributed by atoms with Crippen LogP contribution in [0.25, 0.3) is 0 Å². The fraction of sp³-hybridized carbons (Fsp3) is 0.429. The van der Waals surface area contributed by atoms with Gasteiger partial charge in [0.05, 0.1) is 10.8 Å². The Morgan fingerprint density at radius 3 is 2.95 bits per heavy atom. The summed E-state index contributed by atoms with van der Waals surface area (Å²) in [6.07, 6.45) is 2.73. The molecule has 0 bridgehead atoms. The number of carboxylic acids is 1. The van der Waals surface area contributed by atoms with Crippen LogP contribution in [-0.2, 0) is 11.2 Å². The molecule has 5 heteroatoms. The number of hydrogen-bond acceptors (Lipinski definition) is 3. The third kappa shape index (κ3) is 3.99. The van der Waals surface area contributed by atoms with Gasteiger partial charge in [-0.2, -0.15) is 0 Å². The zero-order valence-electron chi connectivity index (χ0n) is 10.6. The summed E-state index contributed by atoms with van der Waals surface area (Å²) < 4.78 is 0. The third-order valence-corrected chi connectivity index (χ3v) is 4.49. The molecule has 0 aliphatic carbocycles. The monoisotopic (exact) mass is 279 g/mol. The molecular weight excluding hydrogens is 262 g/mol. The second kappa shape index (κ2) is 6.61. The molecule has 1 amide bonds. The number of rotatable bonds is 5. The lowest BCUT2D eigenvalue weighted by atomic mass is 10.1. The van der Waals surface area contributed by atoms with Gasteiger partial charge in [-0.05, 0) is 42.7 Å². The van der Waals surface area contributed by atoms with Crippen LogP contribution in [0.2, 0.25) is 0 Å². The molecule has 1 aliphatic heterocycles. The van der Waals surface area contributed by atoms with Gasteiger partial charge in [-0.25, -0.2) is 4.79 Å². The molecule has 1 aromatic rings. The van der Waals surface area contributed by atoms with Crippen LogP contribution in [0.4, 0.5) is 0 Å². The van der Waals surface area contributed by atoms with Crippen LogP contribution in [-0.4, -0.2) is 34.5 Å². The van der Waals surface area contributed by atoms with Crippen molar-refractivity contribution in [2.24, 2.45) is 0 Å². The second-order valence-corrected chi connectivity index (χ2v) is 5.86. The van der Waals surface area contributed by atoms with Crippen molar-refractivity contribution in [3.8, 4) is 0 Å². The van der Waals surface area contributed by atoms with Crippen molar-refractivity contribution in [3.05, 3.63) is 35.4 Å². The largest absolute Gasteiger partial charge is 0.478 e. The summed E-state index contributed by atoms with van der Waals surface area (Å²) in [5.41, 5.74) is 1.22. The summed E-state index contributed by atoms with van der Waals surface area (Å²) in [5, 5.41) is 11.9. The minimum absolute atomic E-state index is 0.102. The fourth-order valence-corrected chi connectivity index (χ4v) is 3.27.